The number of pyridine rings is 1. The summed E-state index contributed by atoms with van der Waals surface area (Å²) in [6, 6.07) is 7.58. The zero-order valence-corrected chi connectivity index (χ0v) is 11.9. The monoisotopic (exact) mass is 305 g/mol. The number of benzene rings is 1. The van der Waals surface area contributed by atoms with Crippen molar-refractivity contribution in [3.63, 3.8) is 0 Å². The molecule has 6 nitrogen and oxygen atoms in total. The van der Waals surface area contributed by atoms with Crippen molar-refractivity contribution in [2.24, 2.45) is 0 Å². The second kappa shape index (κ2) is 6.32. The maximum atomic E-state index is 12.0. The van der Waals surface area contributed by atoms with E-state index in [-0.39, 0.29) is 18.1 Å². The molecule has 1 N–H and O–H groups in total. The summed E-state index contributed by atoms with van der Waals surface area (Å²) in [6.07, 6.45) is 1.42. The average molecular weight is 306 g/mol. The van der Waals surface area contributed by atoms with Crippen molar-refractivity contribution in [2.75, 3.05) is 0 Å². The Hall–Kier alpha value is -2.47. The molecule has 108 valence electrons. The molecule has 0 saturated carbocycles. The summed E-state index contributed by atoms with van der Waals surface area (Å²) in [5.41, 5.74) is 1.79. The van der Waals surface area contributed by atoms with Gasteiger partial charge in [-0.2, -0.15) is 0 Å². The Labute approximate surface area is 125 Å². The van der Waals surface area contributed by atoms with Crippen LogP contribution in [0.25, 0.3) is 0 Å². The number of carbonyl (C=O) groups is 1. The van der Waals surface area contributed by atoms with Gasteiger partial charge in [0.05, 0.1) is 15.5 Å². The van der Waals surface area contributed by atoms with Crippen LogP contribution in [0.2, 0.25) is 5.02 Å². The zero-order valence-electron chi connectivity index (χ0n) is 11.2. The normalized spacial score (nSPS) is 10.2. The zero-order chi connectivity index (χ0) is 15.4. The Morgan fingerprint density at radius 2 is 2.05 bits per heavy atom. The highest BCUT2D eigenvalue weighted by molar-refractivity contribution is 6.33. The van der Waals surface area contributed by atoms with Crippen LogP contribution in [0, 0.1) is 17.0 Å². The standard InChI is InChI=1S/C14H12ClN3O3/c1-9-6-13(15)12(8-16-9)14(19)17-7-10-2-4-11(5-3-10)18(20)21/h2-6,8H,7H2,1H3,(H,17,19). The molecule has 1 amide bonds. The number of halogens is 1. The molecule has 1 aromatic carbocycles. The lowest BCUT2D eigenvalue weighted by Gasteiger charge is -2.07. The van der Waals surface area contributed by atoms with Crippen LogP contribution in [0.3, 0.4) is 0 Å². The van der Waals surface area contributed by atoms with Gasteiger partial charge in [0.2, 0.25) is 0 Å². The number of carbonyl (C=O) groups excluding carboxylic acids is 1. The van der Waals surface area contributed by atoms with Gasteiger partial charge in [0, 0.05) is 30.6 Å². The Kier molecular flexibility index (Phi) is 4.49. The van der Waals surface area contributed by atoms with Crippen molar-refractivity contribution in [1.82, 2.24) is 10.3 Å². The number of nitro benzene ring substituents is 1. The van der Waals surface area contributed by atoms with Crippen molar-refractivity contribution in [3.05, 3.63) is 68.5 Å². The molecule has 0 fully saturated rings. The van der Waals surface area contributed by atoms with Gasteiger partial charge in [-0.25, -0.2) is 0 Å². The quantitative estimate of drug-likeness (QED) is 0.695. The molecule has 0 atom stereocenters. The topological polar surface area (TPSA) is 85.1 Å². The number of hydrogen-bond donors (Lipinski definition) is 1. The second-order valence-corrected chi connectivity index (χ2v) is 4.82. The summed E-state index contributed by atoms with van der Waals surface area (Å²) in [6.45, 7) is 2.03. The highest BCUT2D eigenvalue weighted by Gasteiger charge is 2.11. The van der Waals surface area contributed by atoms with Crippen molar-refractivity contribution in [1.29, 1.82) is 0 Å². The molecule has 21 heavy (non-hydrogen) atoms. The molecule has 0 aliphatic carbocycles. The number of amides is 1. The van der Waals surface area contributed by atoms with E-state index in [0.717, 1.165) is 11.3 Å². The van der Waals surface area contributed by atoms with Gasteiger partial charge in [0.25, 0.3) is 11.6 Å². The van der Waals surface area contributed by atoms with Crippen molar-refractivity contribution < 1.29 is 9.72 Å². The third kappa shape index (κ3) is 3.76. The maximum absolute atomic E-state index is 12.0. The highest BCUT2D eigenvalue weighted by atomic mass is 35.5. The largest absolute Gasteiger partial charge is 0.348 e. The smallest absolute Gasteiger partial charge is 0.269 e. The van der Waals surface area contributed by atoms with Crippen LogP contribution in [0.1, 0.15) is 21.6 Å². The first kappa shape index (κ1) is 14.9. The van der Waals surface area contributed by atoms with Gasteiger partial charge < -0.3 is 5.32 Å². The summed E-state index contributed by atoms with van der Waals surface area (Å²) in [4.78, 5) is 26.1. The van der Waals surface area contributed by atoms with E-state index in [9.17, 15) is 14.9 Å². The fourth-order valence-electron chi connectivity index (χ4n) is 1.71. The summed E-state index contributed by atoms with van der Waals surface area (Å²) < 4.78 is 0. The molecule has 0 unspecified atom stereocenters. The summed E-state index contributed by atoms with van der Waals surface area (Å²) >= 11 is 5.99. The van der Waals surface area contributed by atoms with Crippen LogP contribution >= 0.6 is 11.6 Å². The Balaban J connectivity index is 2.02. The molecule has 0 saturated heterocycles. The van der Waals surface area contributed by atoms with Crippen LogP contribution in [0.5, 0.6) is 0 Å². The van der Waals surface area contributed by atoms with Crippen LogP contribution in [-0.2, 0) is 6.54 Å². The first-order valence-electron chi connectivity index (χ1n) is 6.11. The van der Waals surface area contributed by atoms with E-state index >= 15 is 0 Å². The van der Waals surface area contributed by atoms with Gasteiger partial charge in [0.15, 0.2) is 0 Å². The molecule has 0 bridgehead atoms. The summed E-state index contributed by atoms with van der Waals surface area (Å²) in [5.74, 6) is -0.342. The molecule has 0 aliphatic heterocycles. The van der Waals surface area contributed by atoms with E-state index in [1.807, 2.05) is 0 Å². The fraction of sp³-hybridized carbons (Fsp3) is 0.143. The number of nitro groups is 1. The predicted octanol–water partition coefficient (Wildman–Crippen LogP) is 2.88. The first-order valence-corrected chi connectivity index (χ1v) is 6.49. The summed E-state index contributed by atoms with van der Waals surface area (Å²) in [5, 5.41) is 13.6. The average Bonchev–Trinajstić information content (AvgIpc) is 2.45. The lowest BCUT2D eigenvalue weighted by molar-refractivity contribution is -0.384. The van der Waals surface area contributed by atoms with E-state index in [1.54, 1.807) is 25.1 Å². The Morgan fingerprint density at radius 1 is 1.38 bits per heavy atom. The van der Waals surface area contributed by atoms with Crippen LogP contribution in [-0.4, -0.2) is 15.8 Å². The second-order valence-electron chi connectivity index (χ2n) is 4.41. The summed E-state index contributed by atoms with van der Waals surface area (Å²) in [7, 11) is 0. The van der Waals surface area contributed by atoms with Crippen LogP contribution in [0.4, 0.5) is 5.69 Å². The third-order valence-corrected chi connectivity index (χ3v) is 3.15. The Bertz CT molecular complexity index is 686. The minimum atomic E-state index is -0.472. The molecule has 1 heterocycles. The molecule has 7 heteroatoms. The van der Waals surface area contributed by atoms with Gasteiger partial charge in [-0.3, -0.25) is 19.9 Å². The third-order valence-electron chi connectivity index (χ3n) is 2.84. The first-order chi connectivity index (χ1) is 9.97. The van der Waals surface area contributed by atoms with Gasteiger partial charge in [-0.15, -0.1) is 0 Å². The molecule has 2 rings (SSSR count). The van der Waals surface area contributed by atoms with E-state index in [2.05, 4.69) is 10.3 Å². The van der Waals surface area contributed by atoms with Crippen LogP contribution < -0.4 is 5.32 Å². The molecular formula is C14H12ClN3O3. The lowest BCUT2D eigenvalue weighted by Crippen LogP contribution is -2.23. The predicted molar refractivity (Wildman–Crippen MR) is 78.3 cm³/mol. The SMILES string of the molecule is Cc1cc(Cl)c(C(=O)NCc2ccc([N+](=O)[O-])cc2)cn1. The number of rotatable bonds is 4. The van der Waals surface area contributed by atoms with Crippen molar-refractivity contribution in [2.45, 2.75) is 13.5 Å². The number of aromatic nitrogens is 1. The number of aryl methyl sites for hydroxylation is 1. The molecule has 1 aromatic heterocycles. The maximum Gasteiger partial charge on any atom is 0.269 e. The minimum Gasteiger partial charge on any atom is -0.348 e. The van der Waals surface area contributed by atoms with E-state index in [4.69, 9.17) is 11.6 Å². The Morgan fingerprint density at radius 3 is 2.62 bits per heavy atom. The number of nitrogens with zero attached hydrogens (tertiary/aromatic N) is 2. The van der Waals surface area contributed by atoms with Crippen LogP contribution in [0.15, 0.2) is 36.5 Å². The number of hydrogen-bond acceptors (Lipinski definition) is 4. The van der Waals surface area contributed by atoms with Gasteiger partial charge >= 0.3 is 0 Å². The van der Waals surface area contributed by atoms with E-state index < -0.39 is 4.92 Å². The van der Waals surface area contributed by atoms with Gasteiger partial charge in [0.1, 0.15) is 0 Å². The number of non-ortho nitro benzene ring substituents is 1. The molecular weight excluding hydrogens is 294 g/mol. The minimum absolute atomic E-state index is 0.0101. The van der Waals surface area contributed by atoms with Gasteiger partial charge in [-0.1, -0.05) is 23.7 Å². The highest BCUT2D eigenvalue weighted by Crippen LogP contribution is 2.16. The van der Waals surface area contributed by atoms with E-state index in [0.29, 0.717) is 10.6 Å². The van der Waals surface area contributed by atoms with E-state index in [1.165, 1.54) is 18.3 Å². The molecule has 0 aliphatic rings. The molecule has 2 aromatic rings. The van der Waals surface area contributed by atoms with Gasteiger partial charge in [-0.05, 0) is 18.6 Å². The molecule has 0 radical (unpaired) electrons. The van der Waals surface area contributed by atoms with Crippen molar-refractivity contribution in [3.8, 4) is 0 Å². The molecule has 0 spiro atoms. The lowest BCUT2D eigenvalue weighted by atomic mass is 10.2. The van der Waals surface area contributed by atoms with Crippen molar-refractivity contribution >= 4 is 23.2 Å². The fourth-order valence-corrected chi connectivity index (χ4v) is 2.00. The number of nitrogens with one attached hydrogen (secondary N) is 1.